The summed E-state index contributed by atoms with van der Waals surface area (Å²) in [6.07, 6.45) is -5.67. The number of hydrogen-bond donors (Lipinski definition) is 4. The highest BCUT2D eigenvalue weighted by molar-refractivity contribution is 7.80. The van der Waals surface area contributed by atoms with Gasteiger partial charge in [0.2, 0.25) is 16.7 Å². The minimum Gasteiger partial charge on any atom is -0.726 e. The standard InChI is InChI=1S/C6H13NO8S/c7-3-5(9)4(8)2(15-6(3)10)1-14-16(11,12)13/h2-6,8-10H,1,7H2,(H,11,12,13)/t2-,3-,4-,5-,6+/m1/s1. The highest BCUT2D eigenvalue weighted by atomic mass is 32.3. The maximum absolute atomic E-state index is 10.2. The molecule has 0 spiro atoms. The molecule has 0 unspecified atom stereocenters. The van der Waals surface area contributed by atoms with Crippen LogP contribution >= 0.6 is 0 Å². The van der Waals surface area contributed by atoms with Gasteiger partial charge in [0.05, 0.1) is 6.61 Å². The predicted octanol–water partition coefficient (Wildman–Crippen LogP) is -4.49. The van der Waals surface area contributed by atoms with Crippen LogP contribution in [0, 0.1) is 0 Å². The lowest BCUT2D eigenvalue weighted by atomic mass is 9.98. The number of aliphatic hydroxyl groups excluding tert-OH is 3. The molecule has 0 aromatic heterocycles. The zero-order valence-corrected chi connectivity index (χ0v) is 8.91. The van der Waals surface area contributed by atoms with Crippen molar-refractivity contribution in [1.29, 1.82) is 0 Å². The first-order valence-electron chi connectivity index (χ1n) is 4.35. The van der Waals surface area contributed by atoms with Crippen molar-refractivity contribution in [3.63, 3.8) is 0 Å². The molecule has 1 saturated heterocycles. The summed E-state index contributed by atoms with van der Waals surface area (Å²) in [6.45, 7) is -0.784. The van der Waals surface area contributed by atoms with Crippen LogP contribution < -0.4 is 5.73 Å². The van der Waals surface area contributed by atoms with Crippen LogP contribution in [0.3, 0.4) is 0 Å². The molecule has 0 bridgehead atoms. The average Bonchev–Trinajstić information content (AvgIpc) is 2.17. The van der Waals surface area contributed by atoms with Crippen molar-refractivity contribution in [3.8, 4) is 0 Å². The number of aliphatic hydroxyl groups is 3. The second kappa shape index (κ2) is 4.89. The van der Waals surface area contributed by atoms with Crippen molar-refractivity contribution in [2.75, 3.05) is 6.61 Å². The average molecular weight is 259 g/mol. The van der Waals surface area contributed by atoms with E-state index in [2.05, 4.69) is 9.92 Å². The summed E-state index contributed by atoms with van der Waals surface area (Å²) in [6, 6.07) is -0.977. The Morgan fingerprint density at radius 1 is 1.31 bits per heavy atom. The fourth-order valence-corrected chi connectivity index (χ4v) is 1.59. The van der Waals surface area contributed by atoms with Crippen molar-refractivity contribution in [3.05, 3.63) is 0 Å². The van der Waals surface area contributed by atoms with Crippen LogP contribution in [-0.2, 0) is 19.3 Å². The predicted molar refractivity (Wildman–Crippen MR) is 45.2 cm³/mol. The zero-order chi connectivity index (χ0) is 12.5. The van der Waals surface area contributed by atoms with E-state index in [4.69, 9.17) is 4.74 Å². The van der Waals surface area contributed by atoms with Crippen molar-refractivity contribution in [1.82, 2.24) is 0 Å². The fourth-order valence-electron chi connectivity index (χ4n) is 1.29. The van der Waals surface area contributed by atoms with Crippen LogP contribution in [0.2, 0.25) is 0 Å². The Morgan fingerprint density at radius 3 is 2.38 bits per heavy atom. The summed E-state index contributed by atoms with van der Waals surface area (Å²) in [5.74, 6) is 0. The number of hydrogen-bond acceptors (Lipinski definition) is 8. The van der Waals surface area contributed by atoms with Crippen molar-refractivity contribution < 1.29 is 42.9 Å². The molecule has 16 heavy (non-hydrogen) atoms. The van der Waals surface area contributed by atoms with Crippen LogP contribution in [0.15, 0.2) is 0 Å². The van der Waals surface area contributed by atoms with Gasteiger partial charge in [0.15, 0.2) is 6.04 Å². The maximum Gasteiger partial charge on any atom is 0.217 e. The molecular weight excluding hydrogens is 246 g/mol. The largest absolute Gasteiger partial charge is 0.726 e. The van der Waals surface area contributed by atoms with Gasteiger partial charge in [0.25, 0.3) is 0 Å². The summed E-state index contributed by atoms with van der Waals surface area (Å²) in [4.78, 5) is 0. The van der Waals surface area contributed by atoms with Crippen molar-refractivity contribution >= 4 is 10.4 Å². The quantitative estimate of drug-likeness (QED) is 0.291. The molecule has 1 rings (SSSR count). The molecule has 96 valence electrons. The first kappa shape index (κ1) is 13.7. The lowest BCUT2D eigenvalue weighted by Gasteiger charge is -2.36. The van der Waals surface area contributed by atoms with Gasteiger partial charge < -0.3 is 30.3 Å². The number of quaternary nitrogens is 1. The van der Waals surface area contributed by atoms with Gasteiger partial charge in [-0.3, -0.25) is 4.18 Å². The fraction of sp³-hybridized carbons (Fsp3) is 1.00. The molecule has 0 amide bonds. The molecule has 0 aromatic rings. The Labute approximate surface area is 91.3 Å². The Hall–Kier alpha value is -0.330. The summed E-state index contributed by atoms with van der Waals surface area (Å²) >= 11 is 0. The molecular formula is C6H13NO8S. The molecule has 0 saturated carbocycles. The van der Waals surface area contributed by atoms with Crippen LogP contribution in [0.5, 0.6) is 0 Å². The van der Waals surface area contributed by atoms with Gasteiger partial charge in [-0.1, -0.05) is 0 Å². The first-order chi connectivity index (χ1) is 7.22. The van der Waals surface area contributed by atoms with Crippen LogP contribution in [0.1, 0.15) is 0 Å². The zero-order valence-electron chi connectivity index (χ0n) is 8.09. The second-order valence-electron chi connectivity index (χ2n) is 3.40. The molecule has 6 N–H and O–H groups in total. The Balaban J connectivity index is 2.61. The highest BCUT2D eigenvalue weighted by Gasteiger charge is 2.44. The lowest BCUT2D eigenvalue weighted by Crippen LogP contribution is -2.77. The normalized spacial score (nSPS) is 40.9. The van der Waals surface area contributed by atoms with Gasteiger partial charge in [0.1, 0.15) is 18.3 Å². The number of rotatable bonds is 3. The molecule has 1 heterocycles. The van der Waals surface area contributed by atoms with Gasteiger partial charge in [-0.05, 0) is 0 Å². The third kappa shape index (κ3) is 3.33. The van der Waals surface area contributed by atoms with E-state index in [0.717, 1.165) is 0 Å². The Morgan fingerprint density at radius 2 is 1.88 bits per heavy atom. The molecule has 5 atom stereocenters. The van der Waals surface area contributed by atoms with E-state index in [1.807, 2.05) is 0 Å². The van der Waals surface area contributed by atoms with Gasteiger partial charge >= 0.3 is 0 Å². The molecule has 10 heteroatoms. The Bertz CT molecular complexity index is 331. The summed E-state index contributed by atoms with van der Waals surface area (Å²) in [7, 11) is -4.92. The maximum atomic E-state index is 10.2. The SMILES string of the molecule is [NH3+][C@@H]1[C@@H](O)[C@H](O)[C@@H](COS(=O)(=O)[O-])O[C@@H]1O. The molecule has 0 aromatic carbocycles. The van der Waals surface area contributed by atoms with E-state index in [9.17, 15) is 28.3 Å². The minimum atomic E-state index is -4.92. The summed E-state index contributed by atoms with van der Waals surface area (Å²) < 4.78 is 39.1. The van der Waals surface area contributed by atoms with E-state index in [0.29, 0.717) is 0 Å². The highest BCUT2D eigenvalue weighted by Crippen LogP contribution is 2.18. The van der Waals surface area contributed by atoms with Gasteiger partial charge in [-0.15, -0.1) is 0 Å². The van der Waals surface area contributed by atoms with E-state index in [-0.39, 0.29) is 0 Å². The third-order valence-corrected chi connectivity index (χ3v) is 2.65. The minimum absolute atomic E-state index is 0.784. The molecule has 1 aliphatic rings. The van der Waals surface area contributed by atoms with Crippen LogP contribution in [0.25, 0.3) is 0 Å². The molecule has 1 fully saturated rings. The van der Waals surface area contributed by atoms with Crippen LogP contribution in [0.4, 0.5) is 0 Å². The first-order valence-corrected chi connectivity index (χ1v) is 5.68. The van der Waals surface area contributed by atoms with Gasteiger partial charge in [0, 0.05) is 0 Å². The second-order valence-corrected chi connectivity index (χ2v) is 4.46. The summed E-state index contributed by atoms with van der Waals surface area (Å²) in [5, 5.41) is 28.0. The van der Waals surface area contributed by atoms with E-state index < -0.39 is 47.6 Å². The van der Waals surface area contributed by atoms with Gasteiger partial charge in [-0.2, -0.15) is 0 Å². The van der Waals surface area contributed by atoms with Gasteiger partial charge in [-0.25, -0.2) is 8.42 Å². The topological polar surface area (TPSA) is 164 Å². The monoisotopic (exact) mass is 259 g/mol. The van der Waals surface area contributed by atoms with E-state index in [1.165, 1.54) is 0 Å². The third-order valence-electron chi connectivity index (χ3n) is 2.23. The number of ether oxygens (including phenoxy) is 1. The van der Waals surface area contributed by atoms with Crippen molar-refractivity contribution in [2.45, 2.75) is 30.6 Å². The molecule has 1 aliphatic heterocycles. The molecule has 0 radical (unpaired) electrons. The molecule has 0 aliphatic carbocycles. The summed E-state index contributed by atoms with van der Waals surface area (Å²) in [5.41, 5.74) is 3.35. The van der Waals surface area contributed by atoms with Crippen LogP contribution in [-0.4, -0.2) is 65.5 Å². The van der Waals surface area contributed by atoms with E-state index >= 15 is 0 Å². The van der Waals surface area contributed by atoms with Crippen molar-refractivity contribution in [2.24, 2.45) is 0 Å². The lowest BCUT2D eigenvalue weighted by molar-refractivity contribution is -0.497. The smallest absolute Gasteiger partial charge is 0.217 e. The van der Waals surface area contributed by atoms with E-state index in [1.54, 1.807) is 0 Å². The Kier molecular flexibility index (Phi) is 4.20. The molecule has 9 nitrogen and oxygen atoms in total.